The molecule has 1 aromatic carbocycles. The van der Waals surface area contributed by atoms with Crippen molar-refractivity contribution in [2.45, 2.75) is 19.9 Å². The van der Waals surface area contributed by atoms with Gasteiger partial charge in [-0.25, -0.2) is 0 Å². The van der Waals surface area contributed by atoms with E-state index in [9.17, 15) is 0 Å². The number of fused-ring (bicyclic) bond motifs is 1. The van der Waals surface area contributed by atoms with E-state index in [-0.39, 0.29) is 0 Å². The van der Waals surface area contributed by atoms with E-state index in [1.165, 1.54) is 11.1 Å². The number of rotatable bonds is 4. The van der Waals surface area contributed by atoms with Gasteiger partial charge in [-0.15, -0.1) is 0 Å². The smallest absolute Gasteiger partial charge is 0.127 e. The van der Waals surface area contributed by atoms with Gasteiger partial charge in [0.25, 0.3) is 0 Å². The zero-order valence-corrected chi connectivity index (χ0v) is 12.2. The standard InChI is InChI=1S/C14H18BrNO2/c1-14(8-17-9-14)7-16-6-11-5-12(15)4-10-2-3-18-13(10)11/h4-5,16H,2-3,6-9H2,1H3. The minimum Gasteiger partial charge on any atom is -0.493 e. The molecule has 3 nitrogen and oxygen atoms in total. The summed E-state index contributed by atoms with van der Waals surface area (Å²) < 4.78 is 12.1. The van der Waals surface area contributed by atoms with Crippen molar-refractivity contribution in [2.75, 3.05) is 26.4 Å². The van der Waals surface area contributed by atoms with Crippen molar-refractivity contribution in [3.63, 3.8) is 0 Å². The number of hydrogen-bond acceptors (Lipinski definition) is 3. The van der Waals surface area contributed by atoms with Crippen molar-refractivity contribution < 1.29 is 9.47 Å². The molecule has 1 aromatic rings. The summed E-state index contributed by atoms with van der Waals surface area (Å²) in [5, 5.41) is 3.52. The largest absolute Gasteiger partial charge is 0.493 e. The molecule has 0 aromatic heterocycles. The summed E-state index contributed by atoms with van der Waals surface area (Å²) in [5.41, 5.74) is 2.89. The van der Waals surface area contributed by atoms with Crippen molar-refractivity contribution in [1.82, 2.24) is 5.32 Å². The van der Waals surface area contributed by atoms with Crippen LogP contribution in [-0.2, 0) is 17.7 Å². The molecule has 0 radical (unpaired) electrons. The fraction of sp³-hybridized carbons (Fsp3) is 0.571. The molecule has 0 spiro atoms. The van der Waals surface area contributed by atoms with Gasteiger partial charge in [-0.1, -0.05) is 22.9 Å². The Hall–Kier alpha value is -0.580. The fourth-order valence-corrected chi connectivity index (χ4v) is 3.08. The van der Waals surface area contributed by atoms with Crippen molar-refractivity contribution >= 4 is 15.9 Å². The van der Waals surface area contributed by atoms with Crippen molar-refractivity contribution in [3.8, 4) is 5.75 Å². The van der Waals surface area contributed by atoms with E-state index in [2.05, 4.69) is 40.3 Å². The molecule has 0 saturated carbocycles. The van der Waals surface area contributed by atoms with Crippen LogP contribution < -0.4 is 10.1 Å². The maximum absolute atomic E-state index is 5.72. The number of halogens is 1. The topological polar surface area (TPSA) is 30.5 Å². The second kappa shape index (κ2) is 4.83. The number of ether oxygens (including phenoxy) is 2. The second-order valence-corrected chi connectivity index (χ2v) is 6.47. The van der Waals surface area contributed by atoms with Gasteiger partial charge in [0.1, 0.15) is 5.75 Å². The van der Waals surface area contributed by atoms with Gasteiger partial charge in [0, 0.05) is 35.0 Å². The number of nitrogens with one attached hydrogen (secondary N) is 1. The summed E-state index contributed by atoms with van der Waals surface area (Å²) in [6.45, 7) is 6.65. The predicted molar refractivity (Wildman–Crippen MR) is 74.0 cm³/mol. The highest BCUT2D eigenvalue weighted by Crippen LogP contribution is 2.33. The van der Waals surface area contributed by atoms with Crippen LogP contribution in [-0.4, -0.2) is 26.4 Å². The summed E-state index contributed by atoms with van der Waals surface area (Å²) in [6.07, 6.45) is 1.02. The summed E-state index contributed by atoms with van der Waals surface area (Å²) >= 11 is 3.57. The maximum Gasteiger partial charge on any atom is 0.127 e. The minimum atomic E-state index is 0.316. The Morgan fingerprint density at radius 2 is 2.22 bits per heavy atom. The second-order valence-electron chi connectivity index (χ2n) is 5.56. The highest BCUT2D eigenvalue weighted by atomic mass is 79.9. The molecule has 2 aliphatic heterocycles. The van der Waals surface area contributed by atoms with E-state index in [4.69, 9.17) is 9.47 Å². The van der Waals surface area contributed by atoms with Gasteiger partial charge in [0.15, 0.2) is 0 Å². The predicted octanol–water partition coefficient (Wildman–Crippen LogP) is 2.51. The fourth-order valence-electron chi connectivity index (χ4n) is 2.53. The lowest BCUT2D eigenvalue weighted by Crippen LogP contribution is -2.47. The van der Waals surface area contributed by atoms with Gasteiger partial charge in [-0.3, -0.25) is 0 Å². The zero-order chi connectivity index (χ0) is 12.6. The third-order valence-corrected chi connectivity index (χ3v) is 4.05. The SMILES string of the molecule is CC1(CNCc2cc(Br)cc3c2OCC3)COC1. The molecule has 18 heavy (non-hydrogen) atoms. The quantitative estimate of drug-likeness (QED) is 0.927. The molecule has 2 heterocycles. The van der Waals surface area contributed by atoms with Crippen LogP contribution in [0.3, 0.4) is 0 Å². The van der Waals surface area contributed by atoms with E-state index in [1.807, 2.05) is 0 Å². The third-order valence-electron chi connectivity index (χ3n) is 3.59. The Labute approximate surface area is 116 Å². The lowest BCUT2D eigenvalue weighted by molar-refractivity contribution is -0.0991. The molecule has 1 saturated heterocycles. The van der Waals surface area contributed by atoms with E-state index in [0.29, 0.717) is 5.41 Å². The molecule has 0 atom stereocenters. The molecular formula is C14H18BrNO2. The molecule has 1 fully saturated rings. The first-order valence-corrected chi connectivity index (χ1v) is 7.18. The molecule has 0 unspecified atom stereocenters. The van der Waals surface area contributed by atoms with Gasteiger partial charge < -0.3 is 14.8 Å². The van der Waals surface area contributed by atoms with Gasteiger partial charge in [-0.05, 0) is 17.7 Å². The molecule has 1 N–H and O–H groups in total. The summed E-state index contributed by atoms with van der Waals surface area (Å²) in [6, 6.07) is 4.31. The highest BCUT2D eigenvalue weighted by molar-refractivity contribution is 9.10. The van der Waals surface area contributed by atoms with Crippen LogP contribution in [0.25, 0.3) is 0 Å². The van der Waals surface area contributed by atoms with Crippen LogP contribution in [0.15, 0.2) is 16.6 Å². The van der Waals surface area contributed by atoms with E-state index in [1.54, 1.807) is 0 Å². The Balaban J connectivity index is 1.65. The molecule has 0 bridgehead atoms. The molecule has 0 aliphatic carbocycles. The number of hydrogen-bond donors (Lipinski definition) is 1. The lowest BCUT2D eigenvalue weighted by atomic mass is 9.89. The van der Waals surface area contributed by atoms with Crippen LogP contribution in [0.5, 0.6) is 5.75 Å². The summed E-state index contributed by atoms with van der Waals surface area (Å²) in [7, 11) is 0. The average molecular weight is 312 g/mol. The van der Waals surface area contributed by atoms with Gasteiger partial charge in [0.05, 0.1) is 19.8 Å². The van der Waals surface area contributed by atoms with Crippen LogP contribution in [0.1, 0.15) is 18.1 Å². The molecule has 4 heteroatoms. The monoisotopic (exact) mass is 311 g/mol. The Morgan fingerprint density at radius 3 is 2.94 bits per heavy atom. The molecule has 2 aliphatic rings. The van der Waals surface area contributed by atoms with Crippen LogP contribution in [0.4, 0.5) is 0 Å². The van der Waals surface area contributed by atoms with Crippen molar-refractivity contribution in [1.29, 1.82) is 0 Å². The van der Waals surface area contributed by atoms with Crippen LogP contribution >= 0.6 is 15.9 Å². The molecule has 0 amide bonds. The van der Waals surface area contributed by atoms with E-state index >= 15 is 0 Å². The average Bonchev–Trinajstić information content (AvgIpc) is 2.74. The minimum absolute atomic E-state index is 0.316. The molecule has 98 valence electrons. The third kappa shape index (κ3) is 2.42. The first-order valence-electron chi connectivity index (χ1n) is 6.39. The Bertz CT molecular complexity index is 457. The lowest BCUT2D eigenvalue weighted by Gasteiger charge is -2.38. The number of benzene rings is 1. The van der Waals surface area contributed by atoms with E-state index in [0.717, 1.165) is 49.6 Å². The first-order chi connectivity index (χ1) is 8.66. The Kier molecular flexibility index (Phi) is 3.34. The molecule has 3 rings (SSSR count). The van der Waals surface area contributed by atoms with Crippen LogP contribution in [0.2, 0.25) is 0 Å². The first kappa shape index (κ1) is 12.5. The van der Waals surface area contributed by atoms with Gasteiger partial charge in [-0.2, -0.15) is 0 Å². The summed E-state index contributed by atoms with van der Waals surface area (Å²) in [5.74, 6) is 1.08. The van der Waals surface area contributed by atoms with Gasteiger partial charge in [0.2, 0.25) is 0 Å². The zero-order valence-electron chi connectivity index (χ0n) is 10.6. The summed E-state index contributed by atoms with van der Waals surface area (Å²) in [4.78, 5) is 0. The van der Waals surface area contributed by atoms with E-state index < -0.39 is 0 Å². The maximum atomic E-state index is 5.72. The van der Waals surface area contributed by atoms with Crippen molar-refractivity contribution in [2.24, 2.45) is 5.41 Å². The highest BCUT2D eigenvalue weighted by Gasteiger charge is 2.32. The van der Waals surface area contributed by atoms with Gasteiger partial charge >= 0.3 is 0 Å². The normalized spacial score (nSPS) is 20.1. The molecular weight excluding hydrogens is 294 g/mol. The van der Waals surface area contributed by atoms with Crippen molar-refractivity contribution in [3.05, 3.63) is 27.7 Å². The Morgan fingerprint density at radius 1 is 1.39 bits per heavy atom. The van der Waals surface area contributed by atoms with Crippen LogP contribution in [0, 0.1) is 5.41 Å².